The number of halogens is 1. The third-order valence-corrected chi connectivity index (χ3v) is 4.08. The Morgan fingerprint density at radius 1 is 1.48 bits per heavy atom. The molecule has 1 unspecified atom stereocenters. The van der Waals surface area contributed by atoms with Crippen molar-refractivity contribution in [1.82, 2.24) is 15.6 Å². The van der Waals surface area contributed by atoms with E-state index in [4.69, 9.17) is 11.6 Å². The van der Waals surface area contributed by atoms with Gasteiger partial charge >= 0.3 is 0 Å². The highest BCUT2D eigenvalue weighted by Crippen LogP contribution is 2.22. The van der Waals surface area contributed by atoms with Crippen LogP contribution in [-0.2, 0) is 0 Å². The number of carbonyl (C=O) groups excluding carboxylic acids is 1. The summed E-state index contributed by atoms with van der Waals surface area (Å²) >= 11 is 6.10. The molecule has 0 bridgehead atoms. The minimum atomic E-state index is -0.105. The molecule has 1 amide bonds. The number of nitrogens with one attached hydrogen (secondary N) is 2. The van der Waals surface area contributed by atoms with Crippen molar-refractivity contribution in [2.75, 3.05) is 19.6 Å². The van der Waals surface area contributed by atoms with Gasteiger partial charge in [0, 0.05) is 23.2 Å². The largest absolute Gasteiger partial charge is 0.352 e. The maximum Gasteiger partial charge on any atom is 0.253 e. The summed E-state index contributed by atoms with van der Waals surface area (Å²) in [6.45, 7) is 2.73. The molecule has 3 rings (SSSR count). The van der Waals surface area contributed by atoms with E-state index in [0.717, 1.165) is 24.9 Å². The first kappa shape index (κ1) is 14.3. The Bertz CT molecular complexity index is 653. The van der Waals surface area contributed by atoms with Crippen LogP contribution < -0.4 is 10.6 Å². The first-order valence-electron chi connectivity index (χ1n) is 7.27. The van der Waals surface area contributed by atoms with E-state index in [9.17, 15) is 4.79 Å². The van der Waals surface area contributed by atoms with Gasteiger partial charge in [-0.3, -0.25) is 9.78 Å². The van der Waals surface area contributed by atoms with Gasteiger partial charge in [-0.15, -0.1) is 0 Å². The monoisotopic (exact) mass is 303 g/mol. The second kappa shape index (κ2) is 6.41. The molecule has 1 aromatic carbocycles. The van der Waals surface area contributed by atoms with Gasteiger partial charge < -0.3 is 10.6 Å². The van der Waals surface area contributed by atoms with Crippen molar-refractivity contribution >= 4 is 28.4 Å². The molecule has 1 aliphatic rings. The summed E-state index contributed by atoms with van der Waals surface area (Å²) in [5.41, 5.74) is 1.24. The number of amides is 1. The number of hydrogen-bond acceptors (Lipinski definition) is 3. The van der Waals surface area contributed by atoms with Gasteiger partial charge in [0.05, 0.1) is 11.1 Å². The summed E-state index contributed by atoms with van der Waals surface area (Å²) in [6, 6.07) is 7.27. The Balaban J connectivity index is 1.77. The zero-order chi connectivity index (χ0) is 14.7. The Hall–Kier alpha value is -1.65. The molecule has 1 aromatic heterocycles. The number of hydrogen-bond donors (Lipinski definition) is 2. The van der Waals surface area contributed by atoms with Crippen LogP contribution >= 0.6 is 11.6 Å². The number of aromatic nitrogens is 1. The van der Waals surface area contributed by atoms with Crippen LogP contribution in [0.15, 0.2) is 30.5 Å². The molecule has 0 radical (unpaired) electrons. The first-order chi connectivity index (χ1) is 10.2. The van der Waals surface area contributed by atoms with Gasteiger partial charge in [-0.1, -0.05) is 17.7 Å². The Morgan fingerprint density at radius 2 is 2.38 bits per heavy atom. The van der Waals surface area contributed by atoms with E-state index in [1.165, 1.54) is 6.42 Å². The topological polar surface area (TPSA) is 54.0 Å². The van der Waals surface area contributed by atoms with Crippen molar-refractivity contribution in [1.29, 1.82) is 0 Å². The van der Waals surface area contributed by atoms with Crippen LogP contribution in [0.25, 0.3) is 10.9 Å². The summed E-state index contributed by atoms with van der Waals surface area (Å²) in [6.07, 6.45) is 4.02. The van der Waals surface area contributed by atoms with E-state index in [0.29, 0.717) is 28.6 Å². The lowest BCUT2D eigenvalue weighted by atomic mass is 9.99. The van der Waals surface area contributed by atoms with Crippen LogP contribution in [0, 0.1) is 5.92 Å². The third-order valence-electron chi connectivity index (χ3n) is 3.86. The van der Waals surface area contributed by atoms with Gasteiger partial charge in [0.15, 0.2) is 0 Å². The van der Waals surface area contributed by atoms with E-state index < -0.39 is 0 Å². The maximum atomic E-state index is 12.4. The molecule has 1 fully saturated rings. The fourth-order valence-electron chi connectivity index (χ4n) is 2.76. The zero-order valence-electron chi connectivity index (χ0n) is 11.7. The fraction of sp³-hybridized carbons (Fsp3) is 0.375. The standard InChI is InChI=1S/C16H18ClN3O/c17-13-7-12-4-2-6-19-15(12)14(8-13)16(21)20-10-11-3-1-5-18-9-11/h2,4,6-8,11,18H,1,3,5,9-10H2,(H,20,21). The molecule has 0 saturated carbocycles. The third kappa shape index (κ3) is 3.34. The highest BCUT2D eigenvalue weighted by atomic mass is 35.5. The van der Waals surface area contributed by atoms with Gasteiger partial charge in [0.1, 0.15) is 0 Å². The molecule has 1 aliphatic heterocycles. The van der Waals surface area contributed by atoms with E-state index >= 15 is 0 Å². The summed E-state index contributed by atoms with van der Waals surface area (Å²) in [7, 11) is 0. The molecule has 0 spiro atoms. The molecule has 110 valence electrons. The maximum absolute atomic E-state index is 12.4. The number of rotatable bonds is 3. The molecule has 4 nitrogen and oxygen atoms in total. The number of carbonyl (C=O) groups is 1. The Labute approximate surface area is 128 Å². The molecule has 1 atom stereocenters. The number of piperidine rings is 1. The van der Waals surface area contributed by atoms with Gasteiger partial charge in [-0.2, -0.15) is 0 Å². The summed E-state index contributed by atoms with van der Waals surface area (Å²) in [4.78, 5) is 16.7. The predicted octanol–water partition coefficient (Wildman–Crippen LogP) is 2.62. The lowest BCUT2D eigenvalue weighted by molar-refractivity contribution is 0.0946. The Kier molecular flexibility index (Phi) is 4.36. The van der Waals surface area contributed by atoms with Gasteiger partial charge in [0.2, 0.25) is 0 Å². The van der Waals surface area contributed by atoms with Crippen LogP contribution in [0.3, 0.4) is 0 Å². The minimum Gasteiger partial charge on any atom is -0.352 e. The fourth-order valence-corrected chi connectivity index (χ4v) is 2.99. The second-order valence-corrected chi connectivity index (χ2v) is 5.89. The molecule has 2 N–H and O–H groups in total. The van der Waals surface area contributed by atoms with Crippen LogP contribution in [0.5, 0.6) is 0 Å². The quantitative estimate of drug-likeness (QED) is 0.916. The van der Waals surface area contributed by atoms with Crippen molar-refractivity contribution in [2.24, 2.45) is 5.92 Å². The highest BCUT2D eigenvalue weighted by Gasteiger charge is 2.16. The van der Waals surface area contributed by atoms with Crippen molar-refractivity contribution < 1.29 is 4.79 Å². The van der Waals surface area contributed by atoms with E-state index in [-0.39, 0.29) is 5.91 Å². The van der Waals surface area contributed by atoms with Crippen molar-refractivity contribution in [3.8, 4) is 0 Å². The number of nitrogens with zero attached hydrogens (tertiary/aromatic N) is 1. The summed E-state index contributed by atoms with van der Waals surface area (Å²) in [5.74, 6) is 0.396. The molecule has 5 heteroatoms. The molecule has 21 heavy (non-hydrogen) atoms. The molecule has 1 saturated heterocycles. The van der Waals surface area contributed by atoms with Crippen LogP contribution in [-0.4, -0.2) is 30.5 Å². The Morgan fingerprint density at radius 3 is 3.19 bits per heavy atom. The van der Waals surface area contributed by atoms with Crippen molar-refractivity contribution in [3.05, 3.63) is 41.0 Å². The summed E-state index contributed by atoms with van der Waals surface area (Å²) in [5, 5.41) is 7.80. The van der Waals surface area contributed by atoms with Crippen molar-refractivity contribution in [3.63, 3.8) is 0 Å². The van der Waals surface area contributed by atoms with Gasteiger partial charge in [-0.25, -0.2) is 0 Å². The van der Waals surface area contributed by atoms with E-state index in [2.05, 4.69) is 15.6 Å². The number of pyridine rings is 1. The predicted molar refractivity (Wildman–Crippen MR) is 84.7 cm³/mol. The average Bonchev–Trinajstić information content (AvgIpc) is 2.52. The van der Waals surface area contributed by atoms with Crippen LogP contribution in [0.1, 0.15) is 23.2 Å². The molecule has 2 aromatic rings. The second-order valence-electron chi connectivity index (χ2n) is 5.45. The van der Waals surface area contributed by atoms with Crippen molar-refractivity contribution in [2.45, 2.75) is 12.8 Å². The van der Waals surface area contributed by atoms with Gasteiger partial charge in [-0.05, 0) is 50.0 Å². The first-order valence-corrected chi connectivity index (χ1v) is 7.65. The van der Waals surface area contributed by atoms with Crippen LogP contribution in [0.4, 0.5) is 0 Å². The van der Waals surface area contributed by atoms with E-state index in [1.807, 2.05) is 18.2 Å². The SMILES string of the molecule is O=C(NCC1CCCNC1)c1cc(Cl)cc2cccnc12. The smallest absolute Gasteiger partial charge is 0.253 e. The number of benzene rings is 1. The molecule has 0 aliphatic carbocycles. The lowest BCUT2D eigenvalue weighted by Crippen LogP contribution is -2.38. The molecular weight excluding hydrogens is 286 g/mol. The lowest BCUT2D eigenvalue weighted by Gasteiger charge is -2.23. The van der Waals surface area contributed by atoms with Crippen LogP contribution in [0.2, 0.25) is 5.02 Å². The molecule has 2 heterocycles. The molecular formula is C16H18ClN3O. The zero-order valence-corrected chi connectivity index (χ0v) is 12.5. The summed E-state index contributed by atoms with van der Waals surface area (Å²) < 4.78 is 0. The number of fused-ring (bicyclic) bond motifs is 1. The highest BCUT2D eigenvalue weighted by molar-refractivity contribution is 6.32. The van der Waals surface area contributed by atoms with E-state index in [1.54, 1.807) is 12.3 Å². The van der Waals surface area contributed by atoms with Gasteiger partial charge in [0.25, 0.3) is 5.91 Å². The minimum absolute atomic E-state index is 0.105. The normalized spacial score (nSPS) is 18.6. The average molecular weight is 304 g/mol.